The molecule has 1 rings (SSSR count). The molecule has 0 bridgehead atoms. The molecule has 1 saturated heterocycles. The third-order valence-electron chi connectivity index (χ3n) is 5.17. The van der Waals surface area contributed by atoms with E-state index in [1.165, 1.54) is 64.9 Å². The minimum absolute atomic E-state index is 0.138. The lowest BCUT2D eigenvalue weighted by Gasteiger charge is -2.28. The molecule has 24 heavy (non-hydrogen) atoms. The molecule has 0 saturated carbocycles. The molecule has 0 spiro atoms. The number of carbonyl (C=O) groups is 2. The molecule has 1 fully saturated rings. The summed E-state index contributed by atoms with van der Waals surface area (Å²) in [5.41, 5.74) is 0. The Labute approximate surface area is 148 Å². The zero-order chi connectivity index (χ0) is 17.8. The van der Waals surface area contributed by atoms with Crippen LogP contribution in [0.1, 0.15) is 90.9 Å². The van der Waals surface area contributed by atoms with Gasteiger partial charge in [0.1, 0.15) is 0 Å². The number of rotatable bonds is 13. The molecular formula is C20H37NO3. The number of nitrogens with zero attached hydrogens (tertiary/aromatic N) is 1. The van der Waals surface area contributed by atoms with E-state index in [0.29, 0.717) is 19.0 Å². The Balaban J connectivity index is 2.52. The quantitative estimate of drug-likeness (QED) is 0.361. The predicted molar refractivity (Wildman–Crippen MR) is 97.8 cm³/mol. The van der Waals surface area contributed by atoms with Gasteiger partial charge in [0.2, 0.25) is 5.91 Å². The van der Waals surface area contributed by atoms with E-state index in [1.54, 1.807) is 0 Å². The minimum atomic E-state index is -0.263. The van der Waals surface area contributed by atoms with Gasteiger partial charge in [-0.05, 0) is 12.8 Å². The number of likely N-dealkylation sites (tertiary alicyclic amines) is 1. The third kappa shape index (κ3) is 7.23. The molecule has 0 N–H and O–H groups in total. The molecule has 1 aliphatic heterocycles. The van der Waals surface area contributed by atoms with Gasteiger partial charge in [0, 0.05) is 19.0 Å². The lowest BCUT2D eigenvalue weighted by atomic mass is 9.99. The van der Waals surface area contributed by atoms with E-state index >= 15 is 0 Å². The van der Waals surface area contributed by atoms with Crippen LogP contribution in [0.4, 0.5) is 0 Å². The third-order valence-corrected chi connectivity index (χ3v) is 5.17. The second kappa shape index (κ2) is 12.3. The Hall–Kier alpha value is -1.06. The highest BCUT2D eigenvalue weighted by Gasteiger charge is 2.38. The fourth-order valence-corrected chi connectivity index (χ4v) is 3.66. The van der Waals surface area contributed by atoms with Crippen molar-refractivity contribution in [2.75, 3.05) is 13.7 Å². The maximum atomic E-state index is 12.4. The average molecular weight is 340 g/mol. The van der Waals surface area contributed by atoms with Crippen molar-refractivity contribution < 1.29 is 14.3 Å². The molecular weight excluding hydrogens is 302 g/mol. The smallest absolute Gasteiger partial charge is 0.310 e. The van der Waals surface area contributed by atoms with Crippen LogP contribution in [-0.4, -0.2) is 36.5 Å². The van der Waals surface area contributed by atoms with Gasteiger partial charge in [-0.25, -0.2) is 0 Å². The second-order valence-electron chi connectivity index (χ2n) is 7.18. The van der Waals surface area contributed by atoms with E-state index in [0.717, 1.165) is 12.8 Å². The first-order valence-corrected chi connectivity index (χ1v) is 10.0. The van der Waals surface area contributed by atoms with E-state index in [2.05, 4.69) is 13.8 Å². The van der Waals surface area contributed by atoms with Crippen LogP contribution in [0, 0.1) is 5.92 Å². The summed E-state index contributed by atoms with van der Waals surface area (Å²) >= 11 is 0. The van der Waals surface area contributed by atoms with Crippen LogP contribution < -0.4 is 0 Å². The highest BCUT2D eigenvalue weighted by atomic mass is 16.5. The number of carbonyl (C=O) groups excluding carboxylic acids is 2. The lowest BCUT2D eigenvalue weighted by molar-refractivity contribution is -0.145. The Morgan fingerprint density at radius 2 is 1.58 bits per heavy atom. The lowest BCUT2D eigenvalue weighted by Crippen LogP contribution is -2.37. The molecule has 1 heterocycles. The fraction of sp³-hybridized carbons (Fsp3) is 0.900. The first-order valence-electron chi connectivity index (χ1n) is 10.0. The van der Waals surface area contributed by atoms with Crippen LogP contribution in [-0.2, 0) is 14.3 Å². The topological polar surface area (TPSA) is 46.6 Å². The number of hydrogen-bond donors (Lipinski definition) is 0. The van der Waals surface area contributed by atoms with Crippen LogP contribution in [0.5, 0.6) is 0 Å². The number of unbranched alkanes of at least 4 members (excludes halogenated alkanes) is 7. The average Bonchev–Trinajstić information content (AvgIpc) is 2.97. The van der Waals surface area contributed by atoms with Crippen molar-refractivity contribution in [1.29, 1.82) is 0 Å². The van der Waals surface area contributed by atoms with Gasteiger partial charge in [-0.15, -0.1) is 0 Å². The summed E-state index contributed by atoms with van der Waals surface area (Å²) in [6, 6.07) is 0.311. The largest absolute Gasteiger partial charge is 0.469 e. The van der Waals surface area contributed by atoms with Crippen LogP contribution in [0.2, 0.25) is 0 Å². The van der Waals surface area contributed by atoms with Crippen LogP contribution >= 0.6 is 0 Å². The molecule has 1 aliphatic rings. The van der Waals surface area contributed by atoms with Crippen LogP contribution in [0.25, 0.3) is 0 Å². The summed E-state index contributed by atoms with van der Waals surface area (Å²) in [4.78, 5) is 26.1. The van der Waals surface area contributed by atoms with Gasteiger partial charge in [0.15, 0.2) is 0 Å². The van der Waals surface area contributed by atoms with Gasteiger partial charge in [-0.3, -0.25) is 9.59 Å². The normalized spacial score (nSPS) is 18.9. The van der Waals surface area contributed by atoms with Crippen LogP contribution in [0.15, 0.2) is 0 Å². The van der Waals surface area contributed by atoms with Crippen molar-refractivity contribution in [1.82, 2.24) is 4.90 Å². The molecule has 1 amide bonds. The number of ether oxygens (including phenoxy) is 1. The predicted octanol–water partition coefficient (Wildman–Crippen LogP) is 4.71. The van der Waals surface area contributed by atoms with Crippen LogP contribution in [0.3, 0.4) is 0 Å². The summed E-state index contributed by atoms with van der Waals surface area (Å²) < 4.78 is 4.83. The van der Waals surface area contributed by atoms with Gasteiger partial charge in [-0.1, -0.05) is 71.6 Å². The molecule has 0 aromatic rings. The van der Waals surface area contributed by atoms with Gasteiger partial charge < -0.3 is 9.64 Å². The monoisotopic (exact) mass is 339 g/mol. The zero-order valence-corrected chi connectivity index (χ0v) is 16.0. The molecule has 0 aromatic heterocycles. The first-order chi connectivity index (χ1) is 11.6. The Kier molecular flexibility index (Phi) is 10.8. The van der Waals surface area contributed by atoms with Gasteiger partial charge >= 0.3 is 5.97 Å². The maximum absolute atomic E-state index is 12.4. The Morgan fingerprint density at radius 3 is 2.12 bits per heavy atom. The Bertz CT molecular complexity index is 370. The molecule has 2 atom stereocenters. The van der Waals surface area contributed by atoms with E-state index in [-0.39, 0.29) is 17.8 Å². The van der Waals surface area contributed by atoms with E-state index in [4.69, 9.17) is 4.74 Å². The van der Waals surface area contributed by atoms with Gasteiger partial charge in [0.25, 0.3) is 0 Å². The van der Waals surface area contributed by atoms with Crippen molar-refractivity contribution in [3.63, 3.8) is 0 Å². The van der Waals surface area contributed by atoms with Crippen molar-refractivity contribution in [2.24, 2.45) is 5.92 Å². The van der Waals surface area contributed by atoms with E-state index in [1.807, 2.05) is 4.90 Å². The molecule has 4 heteroatoms. The first kappa shape index (κ1) is 21.0. The standard InChI is InChI=1S/C20H37NO3/c1-4-6-8-10-12-14-18(13-11-9-7-5-2)21-16-17(15-19(21)22)20(23)24-3/h17-18H,4-16H2,1-3H3. The molecule has 140 valence electrons. The zero-order valence-electron chi connectivity index (χ0n) is 16.0. The number of methoxy groups -OCH3 is 1. The summed E-state index contributed by atoms with van der Waals surface area (Å²) in [7, 11) is 1.41. The summed E-state index contributed by atoms with van der Waals surface area (Å²) in [5, 5.41) is 0. The van der Waals surface area contributed by atoms with Crippen molar-refractivity contribution in [2.45, 2.75) is 96.9 Å². The molecule has 0 aliphatic carbocycles. The fourth-order valence-electron chi connectivity index (χ4n) is 3.66. The van der Waals surface area contributed by atoms with Crippen molar-refractivity contribution >= 4 is 11.9 Å². The summed E-state index contributed by atoms with van der Waals surface area (Å²) in [6.45, 7) is 5.00. The second-order valence-corrected chi connectivity index (χ2v) is 7.18. The van der Waals surface area contributed by atoms with Crippen molar-refractivity contribution in [3.05, 3.63) is 0 Å². The number of amides is 1. The molecule has 0 radical (unpaired) electrons. The SMILES string of the molecule is CCCCCCCC(CCCCCC)N1CC(C(=O)OC)CC1=O. The highest BCUT2D eigenvalue weighted by molar-refractivity contribution is 5.86. The highest BCUT2D eigenvalue weighted by Crippen LogP contribution is 2.26. The van der Waals surface area contributed by atoms with Crippen molar-refractivity contribution in [3.8, 4) is 0 Å². The van der Waals surface area contributed by atoms with Gasteiger partial charge in [0.05, 0.1) is 13.0 Å². The van der Waals surface area contributed by atoms with E-state index < -0.39 is 0 Å². The molecule has 2 unspecified atom stereocenters. The number of esters is 1. The maximum Gasteiger partial charge on any atom is 0.310 e. The Morgan fingerprint density at radius 1 is 1.04 bits per heavy atom. The summed E-state index contributed by atoms with van der Waals surface area (Å²) in [5.74, 6) is -0.362. The molecule has 4 nitrogen and oxygen atoms in total. The summed E-state index contributed by atoms with van der Waals surface area (Å²) in [6.07, 6.45) is 13.7. The minimum Gasteiger partial charge on any atom is -0.469 e. The number of hydrogen-bond acceptors (Lipinski definition) is 3. The van der Waals surface area contributed by atoms with E-state index in [9.17, 15) is 9.59 Å². The van der Waals surface area contributed by atoms with Gasteiger partial charge in [-0.2, -0.15) is 0 Å². The molecule has 0 aromatic carbocycles.